The van der Waals surface area contributed by atoms with Crippen molar-refractivity contribution in [2.45, 2.75) is 0 Å². The number of benzene rings is 9. The van der Waals surface area contributed by atoms with Crippen LogP contribution >= 0.6 is 7.14 Å². The van der Waals surface area contributed by atoms with E-state index in [2.05, 4.69) is 142 Å². The zero-order chi connectivity index (χ0) is 51.8. The number of aromatic nitrogens is 3. The number of para-hydroxylation sites is 6. The van der Waals surface area contributed by atoms with Crippen molar-refractivity contribution in [3.63, 3.8) is 0 Å². The van der Waals surface area contributed by atoms with E-state index >= 15 is 4.57 Å². The molecule has 3 aromatic heterocycles. The Morgan fingerprint density at radius 2 is 0.429 bits per heavy atom. The van der Waals surface area contributed by atoms with Crippen LogP contribution < -0.4 is 31.0 Å². The third-order valence-electron chi connectivity index (χ3n) is 13.5. The lowest BCUT2D eigenvalue weighted by molar-refractivity contribution is 0.591. The van der Waals surface area contributed by atoms with E-state index in [9.17, 15) is 0 Å². The molecule has 12 aromatic rings. The molecular formula is C69H51N6OP. The summed E-state index contributed by atoms with van der Waals surface area (Å²) in [6.07, 6.45) is 0. The first-order valence-electron chi connectivity index (χ1n) is 25.6. The first-order chi connectivity index (χ1) is 38.1. The van der Waals surface area contributed by atoms with Crippen LogP contribution in [0.15, 0.2) is 309 Å². The molecule has 0 N–H and O–H groups in total. The summed E-state index contributed by atoms with van der Waals surface area (Å²) in [5.74, 6) is 0. The Labute approximate surface area is 449 Å². The molecule has 0 atom stereocenters. The van der Waals surface area contributed by atoms with Crippen LogP contribution in [-0.2, 0) is 4.57 Å². The Kier molecular flexibility index (Phi) is 13.6. The van der Waals surface area contributed by atoms with Crippen molar-refractivity contribution in [1.82, 2.24) is 15.0 Å². The van der Waals surface area contributed by atoms with Gasteiger partial charge in [-0.2, -0.15) is 0 Å². The van der Waals surface area contributed by atoms with Crippen LogP contribution in [0.2, 0.25) is 0 Å². The molecule has 0 bridgehead atoms. The van der Waals surface area contributed by atoms with Gasteiger partial charge in [-0.25, -0.2) is 15.0 Å². The van der Waals surface area contributed by atoms with Gasteiger partial charge in [0.1, 0.15) is 16.3 Å². The standard InChI is InChI=1S/C69H51N6OP/c76-77(67-46-22-43-64(70-67)52-25-19-40-61(49-52)73(55-28-7-1-8-29-55)56-30-9-2-10-31-56,68-47-23-44-65(71-68)53-26-20-41-62(50-53)74(57-32-11-3-12-33-57)58-34-13-4-14-35-58)69-48-24-45-66(72-69)54-27-21-42-63(51-54)75(59-36-15-5-16-37-59)60-38-17-6-18-39-60/h1-51H. The lowest BCUT2D eigenvalue weighted by Gasteiger charge is -2.26. The fraction of sp³-hybridized carbons (Fsp3) is 0. The Morgan fingerprint density at radius 3 is 0.662 bits per heavy atom. The molecule has 0 amide bonds. The number of anilines is 9. The highest BCUT2D eigenvalue weighted by Crippen LogP contribution is 2.44. The quantitative estimate of drug-likeness (QED) is 0.0948. The fourth-order valence-corrected chi connectivity index (χ4v) is 12.2. The fourth-order valence-electron chi connectivity index (χ4n) is 9.85. The van der Waals surface area contributed by atoms with Crippen molar-refractivity contribution in [1.29, 1.82) is 0 Å². The normalized spacial score (nSPS) is 11.2. The zero-order valence-corrected chi connectivity index (χ0v) is 42.9. The summed E-state index contributed by atoms with van der Waals surface area (Å²) >= 11 is 0. The van der Waals surface area contributed by atoms with Crippen LogP contribution in [0.3, 0.4) is 0 Å². The maximum Gasteiger partial charge on any atom is 0.223 e. The van der Waals surface area contributed by atoms with Gasteiger partial charge < -0.3 is 19.3 Å². The van der Waals surface area contributed by atoms with Gasteiger partial charge in [0.2, 0.25) is 7.14 Å². The van der Waals surface area contributed by atoms with E-state index in [0.29, 0.717) is 33.4 Å². The lowest BCUT2D eigenvalue weighted by atomic mass is 10.1. The average Bonchev–Trinajstić information content (AvgIpc) is 3.53. The highest BCUT2D eigenvalue weighted by molar-refractivity contribution is 7.84. The third kappa shape index (κ3) is 10.1. The Morgan fingerprint density at radius 1 is 0.221 bits per heavy atom. The first kappa shape index (κ1) is 48.0. The smallest absolute Gasteiger partial charge is 0.223 e. The molecule has 0 spiro atoms. The predicted molar refractivity (Wildman–Crippen MR) is 320 cm³/mol. The molecule has 0 fully saturated rings. The van der Waals surface area contributed by atoms with Gasteiger partial charge in [-0.3, -0.25) is 0 Å². The molecule has 0 saturated heterocycles. The summed E-state index contributed by atoms with van der Waals surface area (Å²) in [6.45, 7) is 0. The second kappa shape index (κ2) is 21.9. The van der Waals surface area contributed by atoms with Crippen LogP contribution in [0.25, 0.3) is 33.8 Å². The monoisotopic (exact) mass is 1010 g/mol. The van der Waals surface area contributed by atoms with E-state index in [4.69, 9.17) is 15.0 Å². The number of nitrogens with zero attached hydrogens (tertiary/aromatic N) is 6. The van der Waals surface area contributed by atoms with E-state index < -0.39 is 7.14 Å². The van der Waals surface area contributed by atoms with Crippen molar-refractivity contribution >= 4 is 74.6 Å². The lowest BCUT2D eigenvalue weighted by Crippen LogP contribution is -2.31. The van der Waals surface area contributed by atoms with E-state index in [1.165, 1.54) is 0 Å². The molecule has 368 valence electrons. The summed E-state index contributed by atoms with van der Waals surface area (Å²) in [6, 6.07) is 104. The Balaban J connectivity index is 0.988. The molecule has 0 saturated carbocycles. The molecule has 3 heterocycles. The van der Waals surface area contributed by atoms with Crippen molar-refractivity contribution in [2.75, 3.05) is 14.7 Å². The third-order valence-corrected chi connectivity index (χ3v) is 16.1. The molecule has 0 unspecified atom stereocenters. The minimum atomic E-state index is -3.96. The SMILES string of the molecule is O=P(c1cccc(-c2cccc(N(c3ccccc3)c3ccccc3)c2)n1)(c1cccc(-c2cccc(N(c3ccccc3)c3ccccc3)c2)n1)c1cccc(-c2cccc(N(c3ccccc3)c3ccccc3)c2)n1. The number of hydrogen-bond acceptors (Lipinski definition) is 7. The largest absolute Gasteiger partial charge is 0.310 e. The zero-order valence-electron chi connectivity index (χ0n) is 42.0. The molecule has 8 heteroatoms. The highest BCUT2D eigenvalue weighted by Gasteiger charge is 2.36. The Bertz CT molecular complexity index is 3450. The summed E-state index contributed by atoms with van der Waals surface area (Å²) in [7, 11) is -3.96. The molecule has 0 aliphatic heterocycles. The summed E-state index contributed by atoms with van der Waals surface area (Å²) in [5, 5.41) is 0. The number of pyridine rings is 3. The van der Waals surface area contributed by atoms with Gasteiger partial charge in [0.05, 0.1) is 17.1 Å². The minimum absolute atomic E-state index is 0.374. The molecule has 7 nitrogen and oxygen atoms in total. The second-order valence-electron chi connectivity index (χ2n) is 18.4. The first-order valence-corrected chi connectivity index (χ1v) is 27.3. The maximum absolute atomic E-state index is 17.0. The van der Waals surface area contributed by atoms with Crippen LogP contribution in [0.1, 0.15) is 0 Å². The van der Waals surface area contributed by atoms with E-state index in [1.807, 2.05) is 182 Å². The molecule has 12 rings (SSSR count). The predicted octanol–water partition coefficient (Wildman–Crippen LogP) is 16.9. The average molecular weight is 1010 g/mol. The van der Waals surface area contributed by atoms with Crippen molar-refractivity contribution in [2.24, 2.45) is 0 Å². The van der Waals surface area contributed by atoms with Crippen molar-refractivity contribution in [3.8, 4) is 33.8 Å². The van der Waals surface area contributed by atoms with Gasteiger partial charge in [-0.15, -0.1) is 0 Å². The van der Waals surface area contributed by atoms with Crippen LogP contribution in [0, 0.1) is 0 Å². The molecule has 0 aliphatic carbocycles. The van der Waals surface area contributed by atoms with Crippen LogP contribution in [0.5, 0.6) is 0 Å². The van der Waals surface area contributed by atoms with Gasteiger partial charge in [0, 0.05) is 67.9 Å². The number of rotatable bonds is 15. The molecule has 9 aromatic carbocycles. The summed E-state index contributed by atoms with van der Waals surface area (Å²) in [5.41, 5.74) is 14.7. The maximum atomic E-state index is 17.0. The van der Waals surface area contributed by atoms with Crippen LogP contribution in [0.4, 0.5) is 51.2 Å². The van der Waals surface area contributed by atoms with E-state index in [-0.39, 0.29) is 0 Å². The molecular weight excluding hydrogens is 960 g/mol. The highest BCUT2D eigenvalue weighted by atomic mass is 31.2. The molecule has 0 aliphatic rings. The topological polar surface area (TPSA) is 65.5 Å². The summed E-state index contributed by atoms with van der Waals surface area (Å²) in [4.78, 5) is 22.7. The minimum Gasteiger partial charge on any atom is -0.310 e. The van der Waals surface area contributed by atoms with Crippen molar-refractivity contribution < 1.29 is 4.57 Å². The van der Waals surface area contributed by atoms with Crippen molar-refractivity contribution in [3.05, 3.63) is 309 Å². The van der Waals surface area contributed by atoms with Gasteiger partial charge in [-0.05, 0) is 146 Å². The van der Waals surface area contributed by atoms with Gasteiger partial charge in [0.25, 0.3) is 0 Å². The summed E-state index contributed by atoms with van der Waals surface area (Å²) < 4.78 is 17.0. The van der Waals surface area contributed by atoms with Gasteiger partial charge in [-0.1, -0.05) is 164 Å². The Hall–Kier alpha value is -9.94. The van der Waals surface area contributed by atoms with Crippen LogP contribution in [-0.4, -0.2) is 15.0 Å². The van der Waals surface area contributed by atoms with Gasteiger partial charge >= 0.3 is 0 Å². The molecule has 0 radical (unpaired) electrons. The second-order valence-corrected chi connectivity index (χ2v) is 21.0. The molecule has 77 heavy (non-hydrogen) atoms. The van der Waals surface area contributed by atoms with E-state index in [0.717, 1.165) is 67.9 Å². The van der Waals surface area contributed by atoms with Gasteiger partial charge in [0.15, 0.2) is 0 Å². The van der Waals surface area contributed by atoms with E-state index in [1.54, 1.807) is 0 Å². The number of hydrogen-bond donors (Lipinski definition) is 0.